The van der Waals surface area contributed by atoms with E-state index in [0.29, 0.717) is 33.7 Å². The first kappa shape index (κ1) is 19.2. The van der Waals surface area contributed by atoms with E-state index < -0.39 is 0 Å². The molecule has 1 amide bonds. The Balaban J connectivity index is 1.79. The molecule has 1 aliphatic carbocycles. The van der Waals surface area contributed by atoms with E-state index in [2.05, 4.69) is 12.2 Å². The molecule has 1 saturated carbocycles. The van der Waals surface area contributed by atoms with Crippen LogP contribution in [0.2, 0.25) is 0 Å². The van der Waals surface area contributed by atoms with Gasteiger partial charge in [-0.05, 0) is 49.1 Å². The number of hydrogen-bond donors (Lipinski definition) is 1. The zero-order chi connectivity index (χ0) is 20.4. The largest absolute Gasteiger partial charge is 0.497 e. The molecule has 0 aliphatic heterocycles. The third kappa shape index (κ3) is 3.77. The summed E-state index contributed by atoms with van der Waals surface area (Å²) in [5.41, 5.74) is 1.07. The number of nitrogens with one attached hydrogen (secondary N) is 1. The van der Waals surface area contributed by atoms with Crippen LogP contribution in [-0.4, -0.2) is 23.6 Å². The van der Waals surface area contributed by atoms with Gasteiger partial charge in [-0.3, -0.25) is 14.2 Å². The van der Waals surface area contributed by atoms with Crippen LogP contribution in [0.1, 0.15) is 43.0 Å². The summed E-state index contributed by atoms with van der Waals surface area (Å²) in [5.74, 6) is 1.06. The van der Waals surface area contributed by atoms with Crippen molar-refractivity contribution in [3.63, 3.8) is 0 Å². The minimum atomic E-state index is -0.145. The van der Waals surface area contributed by atoms with Crippen LogP contribution in [0.3, 0.4) is 0 Å². The summed E-state index contributed by atoms with van der Waals surface area (Å²) < 4.78 is 6.75. The number of aromatic nitrogens is 1. The molecular weight excluding hydrogens is 364 g/mol. The molecule has 1 heterocycles. The highest BCUT2D eigenvalue weighted by atomic mass is 16.5. The van der Waals surface area contributed by atoms with Crippen molar-refractivity contribution in [2.24, 2.45) is 5.92 Å². The molecule has 4 rings (SSSR count). The van der Waals surface area contributed by atoms with Crippen molar-refractivity contribution >= 4 is 16.7 Å². The molecule has 3 aromatic rings. The summed E-state index contributed by atoms with van der Waals surface area (Å²) in [4.78, 5) is 26.3. The summed E-state index contributed by atoms with van der Waals surface area (Å²) in [5, 5.41) is 4.44. The van der Waals surface area contributed by atoms with Gasteiger partial charge in [0.2, 0.25) is 0 Å². The molecule has 2 atom stereocenters. The van der Waals surface area contributed by atoms with Crippen LogP contribution < -0.4 is 15.6 Å². The number of carbonyl (C=O) groups is 1. The zero-order valence-electron chi connectivity index (χ0n) is 16.9. The van der Waals surface area contributed by atoms with Crippen molar-refractivity contribution in [3.8, 4) is 11.4 Å². The van der Waals surface area contributed by atoms with E-state index in [9.17, 15) is 9.59 Å². The van der Waals surface area contributed by atoms with E-state index in [4.69, 9.17) is 4.74 Å². The van der Waals surface area contributed by atoms with Crippen molar-refractivity contribution in [2.75, 3.05) is 7.11 Å². The topological polar surface area (TPSA) is 60.3 Å². The second kappa shape index (κ2) is 8.11. The highest BCUT2D eigenvalue weighted by molar-refractivity contribution is 6.06. The number of nitrogens with zero attached hydrogens (tertiary/aromatic N) is 1. The first-order valence-electron chi connectivity index (χ1n) is 10.2. The Morgan fingerprint density at radius 2 is 1.72 bits per heavy atom. The van der Waals surface area contributed by atoms with E-state index in [1.54, 1.807) is 36.1 Å². The van der Waals surface area contributed by atoms with Crippen molar-refractivity contribution in [2.45, 2.75) is 38.6 Å². The lowest BCUT2D eigenvalue weighted by Gasteiger charge is -2.29. The summed E-state index contributed by atoms with van der Waals surface area (Å²) in [6.45, 7) is 2.19. The minimum absolute atomic E-state index is 0.123. The maximum Gasteiger partial charge on any atom is 0.262 e. The molecule has 1 fully saturated rings. The highest BCUT2D eigenvalue weighted by Gasteiger charge is 2.24. The van der Waals surface area contributed by atoms with Gasteiger partial charge in [-0.1, -0.05) is 38.0 Å². The molecule has 5 heteroatoms. The molecule has 1 N–H and O–H groups in total. The Kier molecular flexibility index (Phi) is 5.38. The first-order chi connectivity index (χ1) is 14.1. The number of pyridine rings is 1. The second-order valence-electron chi connectivity index (χ2n) is 7.80. The summed E-state index contributed by atoms with van der Waals surface area (Å²) in [6, 6.07) is 14.7. The summed E-state index contributed by atoms with van der Waals surface area (Å²) in [6.07, 6.45) is 6.16. The minimum Gasteiger partial charge on any atom is -0.497 e. The number of amides is 1. The van der Waals surface area contributed by atoms with Crippen LogP contribution >= 0.6 is 0 Å². The van der Waals surface area contributed by atoms with E-state index in [-0.39, 0.29) is 17.5 Å². The monoisotopic (exact) mass is 390 g/mol. The van der Waals surface area contributed by atoms with Crippen LogP contribution in [0, 0.1) is 5.92 Å². The van der Waals surface area contributed by atoms with Gasteiger partial charge in [-0.15, -0.1) is 0 Å². The van der Waals surface area contributed by atoms with Gasteiger partial charge in [-0.25, -0.2) is 0 Å². The first-order valence-corrected chi connectivity index (χ1v) is 10.2. The normalized spacial score (nSPS) is 19.1. The Hall–Kier alpha value is -3.08. The maximum atomic E-state index is 13.2. The maximum absolute atomic E-state index is 13.2. The predicted molar refractivity (Wildman–Crippen MR) is 115 cm³/mol. The third-order valence-corrected chi connectivity index (χ3v) is 5.95. The lowest BCUT2D eigenvalue weighted by molar-refractivity contribution is 0.0911. The lowest BCUT2D eigenvalue weighted by Crippen LogP contribution is -2.41. The Morgan fingerprint density at radius 1 is 1.03 bits per heavy atom. The van der Waals surface area contributed by atoms with Crippen LogP contribution in [-0.2, 0) is 0 Å². The zero-order valence-corrected chi connectivity index (χ0v) is 16.9. The quantitative estimate of drug-likeness (QED) is 0.722. The smallest absolute Gasteiger partial charge is 0.262 e. The van der Waals surface area contributed by atoms with Gasteiger partial charge in [0.25, 0.3) is 11.5 Å². The average molecular weight is 390 g/mol. The number of methoxy groups -OCH3 is 1. The molecule has 29 heavy (non-hydrogen) atoms. The molecule has 0 unspecified atom stereocenters. The van der Waals surface area contributed by atoms with Crippen molar-refractivity contribution in [3.05, 3.63) is 70.6 Å². The molecule has 1 aliphatic rings. The molecular formula is C24H26N2O3. The lowest BCUT2D eigenvalue weighted by atomic mass is 9.86. The van der Waals surface area contributed by atoms with Gasteiger partial charge in [-0.2, -0.15) is 0 Å². The van der Waals surface area contributed by atoms with Crippen LogP contribution in [0.15, 0.2) is 59.5 Å². The van der Waals surface area contributed by atoms with Gasteiger partial charge < -0.3 is 10.1 Å². The van der Waals surface area contributed by atoms with E-state index >= 15 is 0 Å². The van der Waals surface area contributed by atoms with Crippen LogP contribution in [0.4, 0.5) is 0 Å². The molecule has 2 aromatic carbocycles. The average Bonchev–Trinajstić information content (AvgIpc) is 2.76. The van der Waals surface area contributed by atoms with Gasteiger partial charge in [0.05, 0.1) is 12.7 Å². The molecule has 0 radical (unpaired) electrons. The van der Waals surface area contributed by atoms with Crippen molar-refractivity contribution in [1.29, 1.82) is 0 Å². The number of fused-ring (bicyclic) bond motifs is 1. The SMILES string of the molecule is COc1ccc(-n2cc(C(=O)N[C@H]3CCCC[C@@H]3C)c3ccccc3c2=O)cc1. The second-order valence-corrected chi connectivity index (χ2v) is 7.80. The van der Waals surface area contributed by atoms with Crippen LogP contribution in [0.5, 0.6) is 5.75 Å². The van der Waals surface area contributed by atoms with Crippen molar-refractivity contribution in [1.82, 2.24) is 9.88 Å². The number of hydrogen-bond acceptors (Lipinski definition) is 3. The Morgan fingerprint density at radius 3 is 2.41 bits per heavy atom. The van der Waals surface area contributed by atoms with Gasteiger partial charge in [0, 0.05) is 28.7 Å². The number of ether oxygens (including phenoxy) is 1. The number of rotatable bonds is 4. The van der Waals surface area contributed by atoms with E-state index in [1.807, 2.05) is 30.3 Å². The Bertz CT molecular complexity index is 1090. The number of carbonyl (C=O) groups excluding carboxylic acids is 1. The van der Waals surface area contributed by atoms with Crippen molar-refractivity contribution < 1.29 is 9.53 Å². The van der Waals surface area contributed by atoms with Gasteiger partial charge in [0.15, 0.2) is 0 Å². The fraction of sp³-hybridized carbons (Fsp3) is 0.333. The summed E-state index contributed by atoms with van der Waals surface area (Å²) in [7, 11) is 1.60. The third-order valence-electron chi connectivity index (χ3n) is 5.95. The Labute approximate surface area is 170 Å². The van der Waals surface area contributed by atoms with Crippen LogP contribution in [0.25, 0.3) is 16.5 Å². The van der Waals surface area contributed by atoms with Gasteiger partial charge in [0.1, 0.15) is 5.75 Å². The number of benzene rings is 2. The molecule has 0 spiro atoms. The fourth-order valence-corrected chi connectivity index (χ4v) is 4.18. The summed E-state index contributed by atoms with van der Waals surface area (Å²) >= 11 is 0. The molecule has 150 valence electrons. The standard InChI is InChI=1S/C24H26N2O3/c1-16-7-3-6-10-22(16)25-23(27)21-15-26(17-11-13-18(29-2)14-12-17)24(28)20-9-5-4-8-19(20)21/h4-5,8-9,11-16,22H,3,6-7,10H2,1-2H3,(H,25,27)/t16-,22-/m0/s1. The van der Waals surface area contributed by atoms with E-state index in [0.717, 1.165) is 19.3 Å². The predicted octanol–water partition coefficient (Wildman–Crippen LogP) is 4.31. The van der Waals surface area contributed by atoms with Gasteiger partial charge >= 0.3 is 0 Å². The molecule has 5 nitrogen and oxygen atoms in total. The van der Waals surface area contributed by atoms with E-state index in [1.165, 1.54) is 6.42 Å². The molecule has 0 bridgehead atoms. The molecule has 0 saturated heterocycles. The highest BCUT2D eigenvalue weighted by Crippen LogP contribution is 2.25. The fourth-order valence-electron chi connectivity index (χ4n) is 4.18. The molecule has 1 aromatic heterocycles.